The third-order valence-electron chi connectivity index (χ3n) is 6.98. The second kappa shape index (κ2) is 11.9. The summed E-state index contributed by atoms with van der Waals surface area (Å²) in [6.07, 6.45) is -4.06. The van der Waals surface area contributed by atoms with Gasteiger partial charge in [-0.15, -0.1) is 0 Å². The summed E-state index contributed by atoms with van der Waals surface area (Å²) < 4.78 is 88.3. The van der Waals surface area contributed by atoms with Gasteiger partial charge < -0.3 is 10.0 Å². The number of carboxylic acid groups (broad SMARTS) is 1. The highest BCUT2D eigenvalue weighted by molar-refractivity contribution is 6.36. The summed E-state index contributed by atoms with van der Waals surface area (Å²) in [6, 6.07) is 7.27. The molecule has 1 aliphatic rings. The van der Waals surface area contributed by atoms with Crippen LogP contribution in [0.2, 0.25) is 10.0 Å². The number of carbonyl (C=O) groups excluding carboxylic acids is 1. The van der Waals surface area contributed by atoms with Crippen LogP contribution in [-0.2, 0) is 23.4 Å². The van der Waals surface area contributed by atoms with Gasteiger partial charge in [-0.3, -0.25) is 14.3 Å². The van der Waals surface area contributed by atoms with E-state index in [0.29, 0.717) is 15.8 Å². The average Bonchev–Trinajstić information content (AvgIpc) is 3.35. The van der Waals surface area contributed by atoms with E-state index in [4.69, 9.17) is 23.2 Å². The number of amides is 1. The molecule has 220 valence electrons. The van der Waals surface area contributed by atoms with E-state index in [9.17, 15) is 32.3 Å². The van der Waals surface area contributed by atoms with Gasteiger partial charge in [0.05, 0.1) is 45.9 Å². The first-order valence-electron chi connectivity index (χ1n) is 12.4. The van der Waals surface area contributed by atoms with E-state index in [1.807, 2.05) is 0 Å². The molecule has 0 spiro atoms. The molecule has 0 radical (unpaired) electrons. The van der Waals surface area contributed by atoms with Gasteiger partial charge >= 0.3 is 12.1 Å². The van der Waals surface area contributed by atoms with E-state index in [2.05, 4.69) is 5.10 Å². The van der Waals surface area contributed by atoms with E-state index in [1.165, 1.54) is 18.2 Å². The summed E-state index contributed by atoms with van der Waals surface area (Å²) in [7, 11) is 0. The molecule has 1 aliphatic carbocycles. The largest absolute Gasteiger partial charge is 0.481 e. The first-order chi connectivity index (χ1) is 19.2. The zero-order valence-corrected chi connectivity index (χ0v) is 22.7. The molecule has 1 heterocycles. The van der Waals surface area contributed by atoms with Crippen LogP contribution in [0.1, 0.15) is 58.9 Å². The van der Waals surface area contributed by atoms with Crippen LogP contribution in [0.3, 0.4) is 0 Å². The number of rotatable bonds is 8. The molecule has 4 rings (SSSR count). The van der Waals surface area contributed by atoms with E-state index < -0.39 is 81.7 Å². The molecule has 0 atom stereocenters. The number of carboxylic acids is 1. The minimum absolute atomic E-state index is 0.0672. The van der Waals surface area contributed by atoms with Gasteiger partial charge in [0.2, 0.25) is 0 Å². The molecular formula is C27H23Cl2F6N3O3. The highest BCUT2D eigenvalue weighted by atomic mass is 35.5. The molecular weight excluding hydrogens is 599 g/mol. The lowest BCUT2D eigenvalue weighted by molar-refractivity contribution is -0.147. The predicted molar refractivity (Wildman–Crippen MR) is 137 cm³/mol. The summed E-state index contributed by atoms with van der Waals surface area (Å²) in [5.41, 5.74) is -3.01. The molecule has 0 unspecified atom stereocenters. The number of aromatic nitrogens is 2. The van der Waals surface area contributed by atoms with Crippen LogP contribution in [0.25, 0.3) is 0 Å². The van der Waals surface area contributed by atoms with Gasteiger partial charge in [0.15, 0.2) is 5.69 Å². The highest BCUT2D eigenvalue weighted by Crippen LogP contribution is 2.41. The smallest absolute Gasteiger partial charge is 0.433 e. The number of carbonyl (C=O) groups is 2. The fraction of sp³-hybridized carbons (Fsp3) is 0.370. The number of nitrogens with zero attached hydrogens (tertiary/aromatic N) is 3. The predicted octanol–water partition coefficient (Wildman–Crippen LogP) is 7.60. The zero-order chi connectivity index (χ0) is 30.1. The van der Waals surface area contributed by atoms with E-state index in [0.717, 1.165) is 24.3 Å². The maximum absolute atomic E-state index is 15.6. The van der Waals surface area contributed by atoms with Gasteiger partial charge in [-0.25, -0.2) is 4.39 Å². The van der Waals surface area contributed by atoms with E-state index in [-0.39, 0.29) is 31.2 Å². The number of hydrogen-bond donors (Lipinski definition) is 1. The van der Waals surface area contributed by atoms with Crippen LogP contribution in [-0.4, -0.2) is 38.2 Å². The first kappa shape index (κ1) is 30.7. The van der Waals surface area contributed by atoms with Gasteiger partial charge in [-0.1, -0.05) is 41.4 Å². The molecule has 41 heavy (non-hydrogen) atoms. The van der Waals surface area contributed by atoms with Crippen molar-refractivity contribution in [3.05, 3.63) is 86.9 Å². The Morgan fingerprint density at radius 2 is 1.56 bits per heavy atom. The Bertz CT molecular complexity index is 1400. The molecule has 1 N–H and O–H groups in total. The molecule has 1 fully saturated rings. The lowest BCUT2D eigenvalue weighted by Gasteiger charge is -2.30. The second-order valence-electron chi connectivity index (χ2n) is 9.78. The monoisotopic (exact) mass is 621 g/mol. The molecule has 1 aromatic heterocycles. The van der Waals surface area contributed by atoms with Crippen LogP contribution in [0, 0.1) is 11.7 Å². The molecule has 0 saturated heterocycles. The van der Waals surface area contributed by atoms with Crippen molar-refractivity contribution in [3.8, 4) is 0 Å². The number of benzene rings is 2. The third-order valence-corrected chi connectivity index (χ3v) is 7.61. The van der Waals surface area contributed by atoms with Gasteiger partial charge in [0.1, 0.15) is 5.82 Å². The minimum atomic E-state index is -5.10. The second-order valence-corrected chi connectivity index (χ2v) is 10.6. The van der Waals surface area contributed by atoms with Crippen molar-refractivity contribution in [2.45, 2.75) is 50.4 Å². The Labute approximate surface area is 240 Å². The fourth-order valence-electron chi connectivity index (χ4n) is 4.99. The Morgan fingerprint density at radius 3 is 2.10 bits per heavy atom. The van der Waals surface area contributed by atoms with Gasteiger partial charge in [0.25, 0.3) is 11.8 Å². The van der Waals surface area contributed by atoms with Crippen molar-refractivity contribution in [3.63, 3.8) is 0 Å². The highest BCUT2D eigenvalue weighted by Gasteiger charge is 2.45. The molecule has 1 amide bonds. The first-order valence-corrected chi connectivity index (χ1v) is 13.2. The molecule has 14 heteroatoms. The summed E-state index contributed by atoms with van der Waals surface area (Å²) in [5.74, 6) is -7.68. The number of alkyl halides is 5. The van der Waals surface area contributed by atoms with Crippen molar-refractivity contribution in [2.24, 2.45) is 5.92 Å². The maximum Gasteiger partial charge on any atom is 0.433 e. The molecule has 6 nitrogen and oxygen atoms in total. The maximum atomic E-state index is 15.6. The normalized spacial score (nSPS) is 17.9. The van der Waals surface area contributed by atoms with Crippen molar-refractivity contribution >= 4 is 35.1 Å². The summed E-state index contributed by atoms with van der Waals surface area (Å²) >= 11 is 11.9. The van der Waals surface area contributed by atoms with Crippen LogP contribution >= 0.6 is 23.2 Å². The third kappa shape index (κ3) is 6.81. The van der Waals surface area contributed by atoms with Crippen LogP contribution in [0.4, 0.5) is 26.3 Å². The van der Waals surface area contributed by atoms with Crippen molar-refractivity contribution in [1.82, 2.24) is 14.7 Å². The Morgan fingerprint density at radius 1 is 0.976 bits per heavy atom. The van der Waals surface area contributed by atoms with Crippen LogP contribution in [0.5, 0.6) is 0 Å². The minimum Gasteiger partial charge on any atom is -0.481 e. The average molecular weight is 622 g/mol. The van der Waals surface area contributed by atoms with E-state index in [1.54, 1.807) is 0 Å². The SMILES string of the molecule is O=C(O)C1CCC(n2ncc(C(=O)N(Cc3ccc(F)cc3)CC(F)(F)c3c(Cl)cccc3Cl)c2C(F)(F)F)CC1. The molecule has 0 aliphatic heterocycles. The van der Waals surface area contributed by atoms with Crippen molar-refractivity contribution in [2.75, 3.05) is 6.54 Å². The number of aliphatic carboxylic acids is 1. The van der Waals surface area contributed by atoms with Crippen LogP contribution < -0.4 is 0 Å². The fourth-order valence-corrected chi connectivity index (χ4v) is 5.67. The van der Waals surface area contributed by atoms with Gasteiger partial charge in [-0.05, 0) is 55.5 Å². The Hall–Kier alpha value is -3.25. The summed E-state index contributed by atoms with van der Waals surface area (Å²) in [6.45, 7) is -2.00. The quantitative estimate of drug-likeness (QED) is 0.263. The topological polar surface area (TPSA) is 75.4 Å². The summed E-state index contributed by atoms with van der Waals surface area (Å²) in [5, 5.41) is 12.2. The number of hydrogen-bond acceptors (Lipinski definition) is 3. The Balaban J connectivity index is 1.73. The van der Waals surface area contributed by atoms with Crippen molar-refractivity contribution in [1.29, 1.82) is 0 Å². The van der Waals surface area contributed by atoms with Crippen molar-refractivity contribution < 1.29 is 41.0 Å². The molecule has 0 bridgehead atoms. The van der Waals surface area contributed by atoms with E-state index >= 15 is 8.78 Å². The molecule has 2 aromatic carbocycles. The van der Waals surface area contributed by atoms with Crippen LogP contribution in [0.15, 0.2) is 48.7 Å². The zero-order valence-electron chi connectivity index (χ0n) is 21.1. The van der Waals surface area contributed by atoms with Gasteiger partial charge in [-0.2, -0.15) is 27.1 Å². The Kier molecular flexibility index (Phi) is 8.93. The number of halogens is 8. The van der Waals surface area contributed by atoms with Gasteiger partial charge in [0, 0.05) is 6.54 Å². The lowest BCUT2D eigenvalue weighted by Crippen LogP contribution is -2.40. The molecule has 3 aromatic rings. The summed E-state index contributed by atoms with van der Waals surface area (Å²) in [4.78, 5) is 25.4. The standard InChI is InChI=1S/C27H23Cl2F6N3O3/c28-20-2-1-3-21(29)22(20)26(31,32)14-37(13-15-4-8-17(30)9-5-15)24(39)19-12-36-38(23(19)27(33,34)35)18-10-6-16(7-11-18)25(40)41/h1-5,8-9,12,16,18H,6-7,10-11,13-14H2,(H,40,41). The molecule has 1 saturated carbocycles. The lowest BCUT2D eigenvalue weighted by atomic mass is 9.86.